The van der Waals surface area contributed by atoms with Gasteiger partial charge >= 0.3 is 30.2 Å². The second kappa shape index (κ2) is 15.4. The molecule has 2 aromatic rings. The summed E-state index contributed by atoms with van der Waals surface area (Å²) in [6.07, 6.45) is 0. The molecule has 0 aliphatic rings. The van der Waals surface area contributed by atoms with E-state index >= 15 is 0 Å². The SMILES string of the molecule is C[c-]1cccc1.C[c-]1cccc1.[Cl-].[Cl-].[SiH2]=[Zr+2]. The van der Waals surface area contributed by atoms with E-state index in [-0.39, 0.29) is 24.8 Å². The number of hydrogen-bond donors (Lipinski definition) is 0. The number of halogens is 2. The maximum absolute atomic E-state index is 2.08. The van der Waals surface area contributed by atoms with Crippen molar-refractivity contribution in [1.82, 2.24) is 0 Å². The van der Waals surface area contributed by atoms with Gasteiger partial charge in [0.2, 0.25) is 0 Å². The van der Waals surface area contributed by atoms with Gasteiger partial charge in [0.25, 0.3) is 0 Å². The summed E-state index contributed by atoms with van der Waals surface area (Å²) >= 11 is 1.58. The second-order valence-electron chi connectivity index (χ2n) is 2.92. The van der Waals surface area contributed by atoms with E-state index in [9.17, 15) is 0 Å². The molecule has 0 aliphatic heterocycles. The Kier molecular flexibility index (Phi) is 20.8. The third-order valence-corrected chi connectivity index (χ3v) is 1.66. The Morgan fingerprint density at radius 1 is 0.688 bits per heavy atom. The van der Waals surface area contributed by atoms with Gasteiger partial charge < -0.3 is 24.8 Å². The molecule has 0 aromatic heterocycles. The molecule has 0 saturated heterocycles. The van der Waals surface area contributed by atoms with Crippen molar-refractivity contribution in [3.63, 3.8) is 0 Å². The van der Waals surface area contributed by atoms with Gasteiger partial charge in [0.15, 0.2) is 0 Å². The summed E-state index contributed by atoms with van der Waals surface area (Å²) in [5.74, 6) is 0. The molecule has 0 bridgehead atoms. The van der Waals surface area contributed by atoms with Crippen LogP contribution in [0.1, 0.15) is 11.1 Å². The molecular formula is C12H16Cl2SiZr-2. The molecule has 0 N–H and O–H groups in total. The van der Waals surface area contributed by atoms with Crippen molar-refractivity contribution in [3.05, 3.63) is 59.7 Å². The van der Waals surface area contributed by atoms with Crippen molar-refractivity contribution in [1.29, 1.82) is 0 Å². The van der Waals surface area contributed by atoms with Crippen molar-refractivity contribution in [2.24, 2.45) is 0 Å². The van der Waals surface area contributed by atoms with Gasteiger partial charge in [-0.25, -0.2) is 24.3 Å². The molecule has 4 heteroatoms. The second-order valence-corrected chi connectivity index (χ2v) is 2.92. The first kappa shape index (κ1) is 21.6. The van der Waals surface area contributed by atoms with Crippen LogP contribution in [0.4, 0.5) is 0 Å². The van der Waals surface area contributed by atoms with Crippen molar-refractivity contribution in [2.75, 3.05) is 0 Å². The molecule has 16 heavy (non-hydrogen) atoms. The predicted molar refractivity (Wildman–Crippen MR) is 62.1 cm³/mol. The summed E-state index contributed by atoms with van der Waals surface area (Å²) in [4.78, 5) is 0. The van der Waals surface area contributed by atoms with E-state index in [0.717, 1.165) is 0 Å². The van der Waals surface area contributed by atoms with Crippen LogP contribution in [-0.2, 0) is 23.3 Å². The first-order chi connectivity index (χ1) is 6.79. The standard InChI is InChI=1S/2C6H7.2ClH.H2Si.Zr/c2*1-6-4-2-3-5-6;;;;/h2*2-5H,1H3;2*1H;1H2;/q2*-1;;;;+2/p-2. The van der Waals surface area contributed by atoms with E-state index in [4.69, 9.17) is 0 Å². The molecule has 0 atom stereocenters. The third-order valence-electron chi connectivity index (χ3n) is 1.66. The summed E-state index contributed by atoms with van der Waals surface area (Å²) in [6.45, 7) is 6.12. The Balaban J connectivity index is -0.000000165. The van der Waals surface area contributed by atoms with Gasteiger partial charge in [0, 0.05) is 0 Å². The van der Waals surface area contributed by atoms with Crippen molar-refractivity contribution < 1.29 is 48.1 Å². The van der Waals surface area contributed by atoms with Crippen molar-refractivity contribution in [2.45, 2.75) is 13.8 Å². The number of aryl methyl sites for hydroxylation is 2. The van der Waals surface area contributed by atoms with Crippen LogP contribution in [0.2, 0.25) is 0 Å². The predicted octanol–water partition coefficient (Wildman–Crippen LogP) is -3.48. The van der Waals surface area contributed by atoms with E-state index in [0.29, 0.717) is 0 Å². The molecule has 88 valence electrons. The van der Waals surface area contributed by atoms with Gasteiger partial charge in [0.1, 0.15) is 0 Å². The van der Waals surface area contributed by atoms with Gasteiger partial charge in [-0.05, 0) is 0 Å². The average Bonchev–Trinajstić information content (AvgIpc) is 2.83. The van der Waals surface area contributed by atoms with Crippen LogP contribution in [0.3, 0.4) is 0 Å². The minimum atomic E-state index is 0. The van der Waals surface area contributed by atoms with Crippen LogP contribution in [0, 0.1) is 13.8 Å². The molecule has 0 saturated carbocycles. The van der Waals surface area contributed by atoms with Crippen LogP contribution in [0.15, 0.2) is 48.5 Å². The fourth-order valence-corrected chi connectivity index (χ4v) is 0.940. The Labute approximate surface area is 128 Å². The molecule has 2 aromatic carbocycles. The fourth-order valence-electron chi connectivity index (χ4n) is 0.940. The van der Waals surface area contributed by atoms with Crippen molar-refractivity contribution in [3.8, 4) is 0 Å². The Morgan fingerprint density at radius 3 is 0.938 bits per heavy atom. The van der Waals surface area contributed by atoms with Gasteiger partial charge in [-0.2, -0.15) is 35.4 Å². The van der Waals surface area contributed by atoms with E-state index in [1.54, 1.807) is 23.3 Å². The maximum atomic E-state index is 2.08. The van der Waals surface area contributed by atoms with Gasteiger partial charge in [-0.1, -0.05) is 13.8 Å². The fraction of sp³-hybridized carbons (Fsp3) is 0.167. The van der Waals surface area contributed by atoms with Crippen LogP contribution in [0.5, 0.6) is 0 Å². The Bertz CT molecular complexity index is 271. The van der Waals surface area contributed by atoms with Crippen LogP contribution < -0.4 is 24.8 Å². The Hall–Kier alpha value is 0.380. The topological polar surface area (TPSA) is 0 Å². The summed E-state index contributed by atoms with van der Waals surface area (Å²) in [6, 6.07) is 16.5. The number of hydrogen-bond acceptors (Lipinski definition) is 0. The molecule has 0 heterocycles. The van der Waals surface area contributed by atoms with E-state index in [2.05, 4.69) is 38.1 Å². The average molecular weight is 350 g/mol. The summed E-state index contributed by atoms with van der Waals surface area (Å²) in [7, 11) is 0. The molecule has 0 radical (unpaired) electrons. The quantitative estimate of drug-likeness (QED) is 0.342. The number of rotatable bonds is 0. The van der Waals surface area contributed by atoms with Crippen molar-refractivity contribution >= 4 is 6.88 Å². The Morgan fingerprint density at radius 2 is 0.875 bits per heavy atom. The van der Waals surface area contributed by atoms with Crippen LogP contribution in [0.25, 0.3) is 0 Å². The zero-order valence-corrected chi connectivity index (χ0v) is 15.0. The molecular weight excluding hydrogens is 334 g/mol. The zero-order valence-electron chi connectivity index (χ0n) is 9.58. The van der Waals surface area contributed by atoms with E-state index in [1.807, 2.05) is 31.1 Å². The first-order valence-electron chi connectivity index (χ1n) is 4.51. The third kappa shape index (κ3) is 12.4. The summed E-state index contributed by atoms with van der Waals surface area (Å²) < 4.78 is 0. The van der Waals surface area contributed by atoms with Gasteiger partial charge in [0.05, 0.1) is 0 Å². The molecule has 0 unspecified atom stereocenters. The molecule has 0 spiro atoms. The molecule has 0 nitrogen and oxygen atoms in total. The van der Waals surface area contributed by atoms with Gasteiger partial charge in [-0.15, -0.1) is 0 Å². The zero-order chi connectivity index (χ0) is 10.8. The van der Waals surface area contributed by atoms with Crippen LogP contribution in [-0.4, -0.2) is 6.88 Å². The van der Waals surface area contributed by atoms with E-state index < -0.39 is 0 Å². The van der Waals surface area contributed by atoms with Crippen LogP contribution >= 0.6 is 0 Å². The van der Waals surface area contributed by atoms with E-state index in [1.165, 1.54) is 11.1 Å². The summed E-state index contributed by atoms with van der Waals surface area (Å²) in [5.41, 5.74) is 2.69. The molecule has 0 aliphatic carbocycles. The monoisotopic (exact) mass is 348 g/mol. The summed E-state index contributed by atoms with van der Waals surface area (Å²) in [5, 5.41) is 0. The molecule has 0 fully saturated rings. The molecule has 2 rings (SSSR count). The molecule has 0 amide bonds. The first-order valence-corrected chi connectivity index (χ1v) is 10.4. The van der Waals surface area contributed by atoms with Gasteiger partial charge in [-0.3, -0.25) is 0 Å². The minimum absolute atomic E-state index is 0. The normalized spacial score (nSPS) is 7.00.